The van der Waals surface area contributed by atoms with Gasteiger partial charge in [0.2, 0.25) is 0 Å². The number of halogens is 2. The zero-order valence-corrected chi connectivity index (χ0v) is 19.7. The Morgan fingerprint density at radius 2 is 1.94 bits per heavy atom. The second-order valence-electron chi connectivity index (χ2n) is 10.1. The highest BCUT2D eigenvalue weighted by Crippen LogP contribution is 2.42. The Kier molecular flexibility index (Phi) is 5.36. The molecule has 3 aliphatic heterocycles. The summed E-state index contributed by atoms with van der Waals surface area (Å²) >= 11 is 0. The summed E-state index contributed by atoms with van der Waals surface area (Å²) in [6, 6.07) is 3.14. The van der Waals surface area contributed by atoms with Gasteiger partial charge in [0, 0.05) is 67.3 Å². The number of nitrogens with one attached hydrogen (secondary N) is 1. The summed E-state index contributed by atoms with van der Waals surface area (Å²) < 4.78 is 29.0. The van der Waals surface area contributed by atoms with E-state index >= 15 is 0 Å². The Hall–Kier alpha value is -3.26. The Morgan fingerprint density at radius 3 is 2.66 bits per heavy atom. The predicted octanol–water partition coefficient (Wildman–Crippen LogP) is 4.27. The lowest BCUT2D eigenvalue weighted by atomic mass is 9.84. The van der Waals surface area contributed by atoms with Crippen LogP contribution in [0, 0.1) is 11.7 Å². The Bertz CT molecular complexity index is 1270. The minimum absolute atomic E-state index is 0.202. The fourth-order valence-electron chi connectivity index (χ4n) is 6.15. The second kappa shape index (κ2) is 8.45. The average molecular weight is 479 g/mol. The molecule has 0 radical (unpaired) electrons. The van der Waals surface area contributed by atoms with Gasteiger partial charge in [-0.15, -0.1) is 0 Å². The van der Waals surface area contributed by atoms with Gasteiger partial charge in [-0.1, -0.05) is 6.08 Å². The summed E-state index contributed by atoms with van der Waals surface area (Å²) in [4.78, 5) is 15.8. The molecule has 0 atom stereocenters. The van der Waals surface area contributed by atoms with Crippen LogP contribution in [0.25, 0.3) is 11.4 Å². The van der Waals surface area contributed by atoms with Gasteiger partial charge >= 0.3 is 5.97 Å². The van der Waals surface area contributed by atoms with Crippen LogP contribution in [0.4, 0.5) is 8.78 Å². The van der Waals surface area contributed by atoms with Gasteiger partial charge in [-0.25, -0.2) is 8.78 Å². The van der Waals surface area contributed by atoms with Gasteiger partial charge in [0.15, 0.2) is 0 Å². The molecule has 35 heavy (non-hydrogen) atoms. The standard InChI is InChI=1S/C27H28F2N4O2/c1-32-13-21(15-6-8-33(9-7-15)18-4-2-16(3-5-18)27(34)35)26-22(14-32)19-10-17(28)11-20-23(29)12-24(25(19)20)30-31-26/h6,10-12,14,16,18,31H,2-5,7-9,13H2,1H3,(H,34,35)/t16-,18-. The maximum atomic E-state index is 14.5. The molecule has 6 nitrogen and oxygen atoms in total. The molecule has 182 valence electrons. The lowest BCUT2D eigenvalue weighted by Gasteiger charge is -2.38. The van der Waals surface area contributed by atoms with Crippen molar-refractivity contribution < 1.29 is 18.7 Å². The Labute approximate surface area is 203 Å². The monoisotopic (exact) mass is 478 g/mol. The normalized spacial score (nSPS) is 26.1. The number of rotatable bonds is 3. The Balaban J connectivity index is 1.30. The number of aliphatic carboxylic acids is 1. The molecule has 6 rings (SSSR count). The number of hydrogen-bond acceptors (Lipinski definition) is 5. The van der Waals surface area contributed by atoms with E-state index in [1.165, 1.54) is 23.8 Å². The van der Waals surface area contributed by atoms with Crippen molar-refractivity contribution >= 4 is 23.1 Å². The van der Waals surface area contributed by atoms with Crippen molar-refractivity contribution in [2.75, 3.05) is 26.7 Å². The molecule has 2 aliphatic carbocycles. The summed E-state index contributed by atoms with van der Waals surface area (Å²) in [5.41, 5.74) is 9.27. The molecule has 2 N–H and O–H groups in total. The zero-order valence-electron chi connectivity index (χ0n) is 19.7. The number of carbonyl (C=O) groups is 1. The van der Waals surface area contributed by atoms with Crippen molar-refractivity contribution in [3.05, 3.63) is 69.8 Å². The summed E-state index contributed by atoms with van der Waals surface area (Å²) in [7, 11) is 1.99. The van der Waals surface area contributed by atoms with Crippen molar-refractivity contribution in [2.45, 2.75) is 38.1 Å². The van der Waals surface area contributed by atoms with E-state index in [1.807, 2.05) is 13.2 Å². The van der Waals surface area contributed by atoms with Gasteiger partial charge in [0.05, 0.1) is 17.3 Å². The van der Waals surface area contributed by atoms with E-state index in [4.69, 9.17) is 0 Å². The van der Waals surface area contributed by atoms with Crippen LogP contribution in [0.2, 0.25) is 0 Å². The number of carboxylic acids is 1. The molecule has 0 aromatic heterocycles. The van der Waals surface area contributed by atoms with Crippen LogP contribution >= 0.6 is 0 Å². The van der Waals surface area contributed by atoms with Gasteiger partial charge in [0.25, 0.3) is 0 Å². The fraction of sp³-hybridized carbons (Fsp3) is 0.407. The molecule has 1 aromatic carbocycles. The van der Waals surface area contributed by atoms with E-state index in [2.05, 4.69) is 26.4 Å². The first-order valence-corrected chi connectivity index (χ1v) is 12.3. The number of carboxylic acid groups (broad SMARTS) is 1. The van der Waals surface area contributed by atoms with Gasteiger partial charge in [-0.05, 0) is 55.4 Å². The maximum Gasteiger partial charge on any atom is 0.306 e. The van der Waals surface area contributed by atoms with Crippen LogP contribution in [0.1, 0.15) is 48.8 Å². The third-order valence-electron chi connectivity index (χ3n) is 7.98. The minimum atomic E-state index is -0.670. The van der Waals surface area contributed by atoms with Gasteiger partial charge in [-0.3, -0.25) is 15.1 Å². The number of nitrogens with zero attached hydrogens (tertiary/aromatic N) is 3. The van der Waals surface area contributed by atoms with Gasteiger partial charge < -0.3 is 10.0 Å². The number of benzene rings is 1. The third-order valence-corrected chi connectivity index (χ3v) is 7.98. The number of allylic oxidation sites excluding steroid dienone is 2. The van der Waals surface area contributed by atoms with E-state index in [0.29, 0.717) is 29.4 Å². The molecule has 0 saturated heterocycles. The molecule has 0 amide bonds. The summed E-state index contributed by atoms with van der Waals surface area (Å²) in [5, 5.41) is 13.8. The minimum Gasteiger partial charge on any atom is -0.481 e. The summed E-state index contributed by atoms with van der Waals surface area (Å²) in [6.45, 7) is 2.45. The molecule has 0 spiro atoms. The first-order chi connectivity index (χ1) is 16.9. The molecule has 0 unspecified atom stereocenters. The highest BCUT2D eigenvalue weighted by atomic mass is 19.1. The molecule has 5 aliphatic rings. The molecule has 1 fully saturated rings. The number of likely N-dealkylation sites (N-methyl/N-ethyl adjacent to an activating group) is 1. The van der Waals surface area contributed by atoms with Gasteiger partial charge in [-0.2, -0.15) is 5.10 Å². The maximum absolute atomic E-state index is 14.5. The van der Waals surface area contributed by atoms with E-state index < -0.39 is 17.6 Å². The molecule has 1 aromatic rings. The van der Waals surface area contributed by atoms with Crippen molar-refractivity contribution in [2.24, 2.45) is 11.0 Å². The molecule has 0 bridgehead atoms. The van der Waals surface area contributed by atoms with Crippen LogP contribution in [0.5, 0.6) is 0 Å². The smallest absolute Gasteiger partial charge is 0.306 e. The molecular weight excluding hydrogens is 450 g/mol. The molecule has 3 heterocycles. The van der Waals surface area contributed by atoms with E-state index in [1.54, 1.807) is 0 Å². The molecule has 8 heteroatoms. The van der Waals surface area contributed by atoms with Crippen molar-refractivity contribution in [3.63, 3.8) is 0 Å². The van der Waals surface area contributed by atoms with Crippen LogP contribution in [0.3, 0.4) is 0 Å². The summed E-state index contributed by atoms with van der Waals surface area (Å²) in [5.74, 6) is -1.81. The third kappa shape index (κ3) is 3.80. The highest BCUT2D eigenvalue weighted by molar-refractivity contribution is 6.21. The number of hydrogen-bond donors (Lipinski definition) is 2. The van der Waals surface area contributed by atoms with Crippen LogP contribution in [-0.4, -0.2) is 59.3 Å². The van der Waals surface area contributed by atoms with Crippen molar-refractivity contribution in [3.8, 4) is 0 Å². The van der Waals surface area contributed by atoms with Crippen LogP contribution in [-0.2, 0) is 4.79 Å². The summed E-state index contributed by atoms with van der Waals surface area (Å²) in [6.07, 6.45) is 9.84. The quantitative estimate of drug-likeness (QED) is 0.679. The van der Waals surface area contributed by atoms with E-state index in [-0.39, 0.29) is 11.5 Å². The first-order valence-electron chi connectivity index (χ1n) is 12.3. The lowest BCUT2D eigenvalue weighted by Crippen LogP contribution is -2.42. The number of fused-ring (bicyclic) bond motifs is 2. The van der Waals surface area contributed by atoms with E-state index in [9.17, 15) is 18.7 Å². The largest absolute Gasteiger partial charge is 0.481 e. The molecule has 1 saturated carbocycles. The van der Waals surface area contributed by atoms with Gasteiger partial charge in [0.1, 0.15) is 11.6 Å². The van der Waals surface area contributed by atoms with Crippen LogP contribution < -0.4 is 5.43 Å². The SMILES string of the molecule is CN1C=C2C(=C(C3=CCN([C@H]4CC[C@H](C(=O)O)CC4)CC3)C1)NN=C1C=C(F)c3cc(F)cc2c31. The highest BCUT2D eigenvalue weighted by Gasteiger charge is 2.34. The van der Waals surface area contributed by atoms with Crippen molar-refractivity contribution in [1.82, 2.24) is 15.2 Å². The fourth-order valence-corrected chi connectivity index (χ4v) is 6.15. The second-order valence-corrected chi connectivity index (χ2v) is 10.1. The predicted molar refractivity (Wildman–Crippen MR) is 130 cm³/mol. The van der Waals surface area contributed by atoms with Crippen LogP contribution in [0.15, 0.2) is 52.4 Å². The lowest BCUT2D eigenvalue weighted by molar-refractivity contribution is -0.143. The Morgan fingerprint density at radius 1 is 1.17 bits per heavy atom. The average Bonchev–Trinajstić information content (AvgIpc) is 3.08. The molecular formula is C27H28F2N4O2. The first kappa shape index (κ1) is 22.2. The number of hydrazone groups is 1. The van der Waals surface area contributed by atoms with Crippen molar-refractivity contribution in [1.29, 1.82) is 0 Å². The topological polar surface area (TPSA) is 68.2 Å². The zero-order chi connectivity index (χ0) is 24.3. The van der Waals surface area contributed by atoms with E-state index in [0.717, 1.165) is 62.0 Å².